The Morgan fingerprint density at radius 2 is 2.25 bits per heavy atom. The summed E-state index contributed by atoms with van der Waals surface area (Å²) in [4.78, 5) is 15.3. The van der Waals surface area contributed by atoms with Gasteiger partial charge in [0, 0.05) is 25.4 Å². The second-order valence-corrected chi connectivity index (χ2v) is 3.81. The van der Waals surface area contributed by atoms with Crippen molar-refractivity contribution in [3.05, 3.63) is 28.9 Å². The smallest absolute Gasteiger partial charge is 0.330 e. The molecule has 0 radical (unpaired) electrons. The van der Waals surface area contributed by atoms with Gasteiger partial charge in [0.05, 0.1) is 11.6 Å². The maximum absolute atomic E-state index is 11.1. The Morgan fingerprint density at radius 3 is 2.80 bits per heavy atom. The highest BCUT2D eigenvalue weighted by molar-refractivity contribution is 6.33. The summed E-state index contributed by atoms with van der Waals surface area (Å²) in [6.45, 7) is 3.21. The summed E-state index contributed by atoms with van der Waals surface area (Å²) >= 11 is 6.03. The largest absolute Gasteiger partial charge is 0.463 e. The van der Waals surface area contributed by atoms with Gasteiger partial charge in [0.2, 0.25) is 0 Å². The van der Waals surface area contributed by atoms with Gasteiger partial charge >= 0.3 is 5.97 Å². The Bertz CT molecular complexity index is 442. The predicted molar refractivity (Wildman–Crippen MR) is 87.0 cm³/mol. The van der Waals surface area contributed by atoms with Crippen LogP contribution in [0.2, 0.25) is 5.02 Å². The molecule has 114 valence electrons. The van der Waals surface area contributed by atoms with Crippen LogP contribution in [0.5, 0.6) is 0 Å². The zero-order chi connectivity index (χ0) is 13.4. The van der Waals surface area contributed by atoms with Crippen LogP contribution in [0.3, 0.4) is 0 Å². The molecule has 0 aliphatic rings. The van der Waals surface area contributed by atoms with Gasteiger partial charge in [-0.15, -0.1) is 24.8 Å². The van der Waals surface area contributed by atoms with Crippen molar-refractivity contribution in [3.8, 4) is 0 Å². The number of halogens is 3. The molecule has 0 amide bonds. The van der Waals surface area contributed by atoms with Crippen molar-refractivity contribution in [3.63, 3.8) is 0 Å². The maximum Gasteiger partial charge on any atom is 0.330 e. The van der Waals surface area contributed by atoms with E-state index >= 15 is 0 Å². The van der Waals surface area contributed by atoms with Gasteiger partial charge in [0.25, 0.3) is 0 Å². The number of anilines is 1. The van der Waals surface area contributed by atoms with Crippen molar-refractivity contribution in [1.82, 2.24) is 4.98 Å². The lowest BCUT2D eigenvalue weighted by Gasteiger charge is -2.06. The summed E-state index contributed by atoms with van der Waals surface area (Å²) in [7, 11) is 0. The number of rotatable bonds is 6. The van der Waals surface area contributed by atoms with Crippen LogP contribution in [0.4, 0.5) is 5.82 Å². The van der Waals surface area contributed by atoms with Crippen molar-refractivity contribution in [2.45, 2.75) is 6.92 Å². The first-order valence-corrected chi connectivity index (χ1v) is 5.99. The van der Waals surface area contributed by atoms with Crippen molar-refractivity contribution in [2.75, 3.05) is 25.0 Å². The molecule has 3 N–H and O–H groups in total. The third-order valence-electron chi connectivity index (χ3n) is 2.00. The fourth-order valence-electron chi connectivity index (χ4n) is 1.22. The molecule has 1 heterocycles. The molecule has 0 aliphatic heterocycles. The minimum Gasteiger partial charge on any atom is -0.463 e. The zero-order valence-electron chi connectivity index (χ0n) is 11.0. The molecular formula is C12H18Cl3N3O2. The number of hydrogen-bond donors (Lipinski definition) is 2. The second kappa shape index (κ2) is 11.8. The van der Waals surface area contributed by atoms with Gasteiger partial charge in [-0.1, -0.05) is 11.6 Å². The average Bonchev–Trinajstić information content (AvgIpc) is 2.35. The molecule has 5 nitrogen and oxygen atoms in total. The molecule has 0 spiro atoms. The first-order valence-electron chi connectivity index (χ1n) is 5.61. The highest BCUT2D eigenvalue weighted by atomic mass is 35.5. The van der Waals surface area contributed by atoms with E-state index in [9.17, 15) is 4.79 Å². The van der Waals surface area contributed by atoms with Gasteiger partial charge < -0.3 is 15.8 Å². The number of pyridine rings is 1. The summed E-state index contributed by atoms with van der Waals surface area (Å²) in [6, 6.07) is 1.71. The molecule has 20 heavy (non-hydrogen) atoms. The maximum atomic E-state index is 11.1. The number of hydrogen-bond acceptors (Lipinski definition) is 5. The summed E-state index contributed by atoms with van der Waals surface area (Å²) < 4.78 is 4.77. The zero-order valence-corrected chi connectivity index (χ0v) is 13.4. The molecule has 8 heteroatoms. The lowest BCUT2D eigenvalue weighted by Crippen LogP contribution is -2.14. The van der Waals surface area contributed by atoms with Gasteiger partial charge in [-0.2, -0.15) is 0 Å². The Labute approximate surface area is 135 Å². The number of nitrogens with zero attached hydrogens (tertiary/aromatic N) is 1. The van der Waals surface area contributed by atoms with Crippen molar-refractivity contribution in [1.29, 1.82) is 0 Å². The van der Waals surface area contributed by atoms with Gasteiger partial charge in [-0.25, -0.2) is 9.78 Å². The average molecular weight is 343 g/mol. The third kappa shape index (κ3) is 7.55. The Kier molecular flexibility index (Phi) is 12.5. The van der Waals surface area contributed by atoms with Crippen LogP contribution in [0.1, 0.15) is 12.5 Å². The molecule has 0 fully saturated rings. The molecule has 0 bridgehead atoms. The van der Waals surface area contributed by atoms with Crippen LogP contribution >= 0.6 is 36.4 Å². The quantitative estimate of drug-likeness (QED) is 0.613. The molecule has 1 aromatic heterocycles. The third-order valence-corrected chi connectivity index (χ3v) is 2.29. The van der Waals surface area contributed by atoms with Gasteiger partial charge in [0.15, 0.2) is 0 Å². The fraction of sp³-hybridized carbons (Fsp3) is 0.333. The number of aromatic nitrogens is 1. The van der Waals surface area contributed by atoms with Crippen molar-refractivity contribution >= 4 is 54.3 Å². The molecule has 0 saturated heterocycles. The standard InChI is InChI=1S/C12H16ClN3O2.2ClH/c1-2-18-11(17)4-3-9-7-10(13)12(16-8-9)15-6-5-14;;/h3-4,7-8H,2,5-6,14H2,1H3,(H,15,16);2*1H/b4-3+;;. The fourth-order valence-corrected chi connectivity index (χ4v) is 1.46. The van der Waals surface area contributed by atoms with Crippen LogP contribution in [0.15, 0.2) is 18.3 Å². The second-order valence-electron chi connectivity index (χ2n) is 3.40. The number of nitrogens with one attached hydrogen (secondary N) is 1. The van der Waals surface area contributed by atoms with Crippen molar-refractivity contribution in [2.24, 2.45) is 5.73 Å². The first-order chi connectivity index (χ1) is 8.67. The van der Waals surface area contributed by atoms with E-state index < -0.39 is 0 Å². The number of ether oxygens (including phenoxy) is 1. The summed E-state index contributed by atoms with van der Waals surface area (Å²) in [5.74, 6) is 0.189. The summed E-state index contributed by atoms with van der Waals surface area (Å²) in [5, 5.41) is 3.47. The highest BCUT2D eigenvalue weighted by Crippen LogP contribution is 2.20. The Morgan fingerprint density at radius 1 is 1.55 bits per heavy atom. The number of nitrogens with two attached hydrogens (primary N) is 1. The van der Waals surface area contributed by atoms with Crippen molar-refractivity contribution < 1.29 is 9.53 Å². The molecule has 1 rings (SSSR count). The number of carbonyl (C=O) groups excluding carboxylic acids is 1. The van der Waals surface area contributed by atoms with E-state index in [0.717, 1.165) is 5.56 Å². The van der Waals surface area contributed by atoms with E-state index in [1.54, 1.807) is 25.3 Å². The molecule has 0 atom stereocenters. The summed E-state index contributed by atoms with van der Waals surface area (Å²) in [6.07, 6.45) is 4.55. The van der Waals surface area contributed by atoms with Crippen LogP contribution in [-0.2, 0) is 9.53 Å². The highest BCUT2D eigenvalue weighted by Gasteiger charge is 2.02. The van der Waals surface area contributed by atoms with E-state index in [4.69, 9.17) is 22.1 Å². The van der Waals surface area contributed by atoms with E-state index in [0.29, 0.717) is 30.5 Å². The normalized spacial score (nSPS) is 9.55. The van der Waals surface area contributed by atoms with Gasteiger partial charge in [-0.05, 0) is 24.6 Å². The lowest BCUT2D eigenvalue weighted by molar-refractivity contribution is -0.137. The molecular weight excluding hydrogens is 325 g/mol. The van der Waals surface area contributed by atoms with Crippen LogP contribution in [0, 0.1) is 0 Å². The molecule has 0 unspecified atom stereocenters. The van der Waals surface area contributed by atoms with Crippen LogP contribution in [-0.4, -0.2) is 30.6 Å². The SMILES string of the molecule is CCOC(=O)/C=C/c1cnc(NCCN)c(Cl)c1.Cl.Cl. The first kappa shape index (κ1) is 21.3. The molecule has 0 aliphatic carbocycles. The molecule has 1 aromatic rings. The Balaban J connectivity index is 0. The molecule has 0 saturated carbocycles. The van der Waals surface area contributed by atoms with E-state index in [1.807, 2.05) is 0 Å². The lowest BCUT2D eigenvalue weighted by atomic mass is 10.2. The topological polar surface area (TPSA) is 77.2 Å². The van der Waals surface area contributed by atoms with Gasteiger partial charge in [-0.3, -0.25) is 0 Å². The molecule has 0 aromatic carbocycles. The predicted octanol–water partition coefficient (Wildman–Crippen LogP) is 2.53. The monoisotopic (exact) mass is 341 g/mol. The minimum atomic E-state index is -0.390. The Hall–Kier alpha value is -1.01. The van der Waals surface area contributed by atoms with Crippen LogP contribution < -0.4 is 11.1 Å². The van der Waals surface area contributed by atoms with E-state index in [1.165, 1.54) is 6.08 Å². The van der Waals surface area contributed by atoms with E-state index in [-0.39, 0.29) is 30.8 Å². The van der Waals surface area contributed by atoms with Crippen LogP contribution in [0.25, 0.3) is 6.08 Å². The van der Waals surface area contributed by atoms with Gasteiger partial charge in [0.1, 0.15) is 5.82 Å². The number of carbonyl (C=O) groups is 1. The minimum absolute atomic E-state index is 0. The van der Waals surface area contributed by atoms with E-state index in [2.05, 4.69) is 10.3 Å². The summed E-state index contributed by atoms with van der Waals surface area (Å²) in [5.41, 5.74) is 6.10. The number of esters is 1.